The Balaban J connectivity index is 0.905. The maximum absolute atomic E-state index is 15.0. The first-order chi connectivity index (χ1) is 38.4. The van der Waals surface area contributed by atoms with E-state index in [1.807, 2.05) is 32.0 Å². The monoisotopic (exact) mass is 1100 g/mol. The summed E-state index contributed by atoms with van der Waals surface area (Å²) in [6.45, 7) is 15.0. The van der Waals surface area contributed by atoms with E-state index in [2.05, 4.69) is 44.9 Å². The van der Waals surface area contributed by atoms with Crippen LogP contribution in [-0.2, 0) is 56.6 Å². The van der Waals surface area contributed by atoms with Crippen LogP contribution >= 0.6 is 0 Å². The summed E-state index contributed by atoms with van der Waals surface area (Å²) in [5.41, 5.74) is 2.35. The first kappa shape index (κ1) is 58.2. The first-order valence-electron chi connectivity index (χ1n) is 28.2. The predicted molar refractivity (Wildman–Crippen MR) is 297 cm³/mol. The first-order valence-corrected chi connectivity index (χ1v) is 28.2. The number of para-hydroxylation sites is 1. The smallest absolute Gasteiger partial charge is 0.252 e. The zero-order valence-corrected chi connectivity index (χ0v) is 46.5. The molecule has 5 aliphatic rings. The van der Waals surface area contributed by atoms with Crippen LogP contribution in [0.5, 0.6) is 0 Å². The highest BCUT2D eigenvalue weighted by Crippen LogP contribution is 2.43. The molecule has 0 aromatic heterocycles. The number of morpholine rings is 1. The summed E-state index contributed by atoms with van der Waals surface area (Å²) in [4.78, 5) is 93.5. The maximum atomic E-state index is 15.0. The molecule has 5 aliphatic heterocycles. The molecule has 7 atom stereocenters. The second-order valence-corrected chi connectivity index (χ2v) is 22.7. The fraction of sp³-hybridized carbons (Fsp3) is 0.508. The van der Waals surface area contributed by atoms with Gasteiger partial charge in [-0.25, -0.2) is 13.2 Å². The van der Waals surface area contributed by atoms with Gasteiger partial charge in [0, 0.05) is 113 Å². The molecule has 16 nitrogen and oxygen atoms in total. The molecule has 4 aromatic rings. The number of fused-ring (bicyclic) bond motifs is 2. The Kier molecular flexibility index (Phi) is 18.6. The number of carbonyl (C=O) groups excluding carboxylic acids is 6. The Morgan fingerprint density at radius 2 is 1.60 bits per heavy atom. The van der Waals surface area contributed by atoms with E-state index in [1.54, 1.807) is 42.2 Å². The van der Waals surface area contributed by atoms with Gasteiger partial charge in [-0.2, -0.15) is 0 Å². The van der Waals surface area contributed by atoms with Gasteiger partial charge in [0.1, 0.15) is 35.0 Å². The quantitative estimate of drug-likeness (QED) is 0.0768. The van der Waals surface area contributed by atoms with Crippen molar-refractivity contribution in [2.24, 2.45) is 17.8 Å². The van der Waals surface area contributed by atoms with E-state index in [0.717, 1.165) is 36.3 Å². The third-order valence-corrected chi connectivity index (χ3v) is 17.1. The van der Waals surface area contributed by atoms with Crippen LogP contribution < -0.4 is 26.2 Å². The number of Topliss-reactive ketones (excluding diaryl/α,β-unsaturated/α-hetero) is 1. The number of amides is 5. The third kappa shape index (κ3) is 13.1. The van der Waals surface area contributed by atoms with Crippen molar-refractivity contribution in [3.63, 3.8) is 0 Å². The summed E-state index contributed by atoms with van der Waals surface area (Å²) < 4.78 is 55.2. The number of hydrogen-bond acceptors (Lipinski definition) is 11. The van der Waals surface area contributed by atoms with Crippen molar-refractivity contribution in [1.29, 1.82) is 0 Å². The number of rotatable bonds is 19. The van der Waals surface area contributed by atoms with E-state index in [-0.39, 0.29) is 98.1 Å². The van der Waals surface area contributed by atoms with Crippen LogP contribution in [0, 0.1) is 35.2 Å². The number of ether oxygens (including phenoxy) is 2. The maximum Gasteiger partial charge on any atom is 0.252 e. The second kappa shape index (κ2) is 25.5. The van der Waals surface area contributed by atoms with Gasteiger partial charge < -0.3 is 40.5 Å². The molecule has 0 radical (unpaired) electrons. The highest BCUT2D eigenvalue weighted by Gasteiger charge is 2.48. The average molecular weight is 1110 g/mol. The molecule has 428 valence electrons. The van der Waals surface area contributed by atoms with Gasteiger partial charge in [0.05, 0.1) is 25.2 Å². The molecule has 0 bridgehead atoms. The van der Waals surface area contributed by atoms with Gasteiger partial charge in [-0.15, -0.1) is 0 Å². The number of nitrogens with one attached hydrogen (secondary N) is 4. The minimum atomic E-state index is -1.38. The molecule has 3 saturated heterocycles. The molecule has 9 rings (SSSR count). The molecule has 0 saturated carbocycles. The van der Waals surface area contributed by atoms with Crippen LogP contribution in [-0.4, -0.2) is 140 Å². The molecule has 3 fully saturated rings. The highest BCUT2D eigenvalue weighted by atomic mass is 19.1. The topological polar surface area (TPSA) is 182 Å². The lowest BCUT2D eigenvalue weighted by atomic mass is 9.80. The van der Waals surface area contributed by atoms with Gasteiger partial charge in [-0.1, -0.05) is 50.2 Å². The summed E-state index contributed by atoms with van der Waals surface area (Å²) >= 11 is 0. The van der Waals surface area contributed by atoms with Crippen molar-refractivity contribution in [3.8, 4) is 0 Å². The summed E-state index contributed by atoms with van der Waals surface area (Å²) in [5.74, 6) is -6.00. The number of hydrogen-bond donors (Lipinski definition) is 4. The Labute approximate surface area is 466 Å². The van der Waals surface area contributed by atoms with E-state index in [1.165, 1.54) is 23.1 Å². The predicted octanol–water partition coefficient (Wildman–Crippen LogP) is 6.90. The van der Waals surface area contributed by atoms with Gasteiger partial charge in [-0.05, 0) is 123 Å². The molecule has 0 unspecified atom stereocenters. The van der Waals surface area contributed by atoms with Gasteiger partial charge in [-0.3, -0.25) is 38.6 Å². The molecule has 80 heavy (non-hydrogen) atoms. The minimum Gasteiger partial charge on any atom is -0.381 e. The average Bonchev–Trinajstić information content (AvgIpc) is 4.19. The number of benzene rings is 4. The van der Waals surface area contributed by atoms with Crippen molar-refractivity contribution >= 4 is 52.4 Å². The van der Waals surface area contributed by atoms with Crippen molar-refractivity contribution in [2.45, 2.75) is 109 Å². The highest BCUT2D eigenvalue weighted by molar-refractivity contribution is 6.04. The van der Waals surface area contributed by atoms with Gasteiger partial charge in [0.25, 0.3) is 5.91 Å². The molecular weight excluding hydrogens is 1030 g/mol. The fourth-order valence-corrected chi connectivity index (χ4v) is 12.0. The van der Waals surface area contributed by atoms with Crippen LogP contribution in [0.1, 0.15) is 101 Å². The third-order valence-electron chi connectivity index (χ3n) is 17.1. The molecule has 4 aromatic carbocycles. The lowest BCUT2D eigenvalue weighted by molar-refractivity contribution is -0.147. The number of halogens is 3. The van der Waals surface area contributed by atoms with E-state index >= 15 is 8.78 Å². The van der Waals surface area contributed by atoms with Crippen molar-refractivity contribution in [3.05, 3.63) is 124 Å². The molecular formula is C61H75F3N8O8. The zero-order chi connectivity index (χ0) is 56.8. The molecule has 19 heteroatoms. The summed E-state index contributed by atoms with van der Waals surface area (Å²) in [5, 5.41) is 11.8. The molecule has 0 aliphatic carbocycles. The molecule has 0 spiro atoms. The zero-order valence-electron chi connectivity index (χ0n) is 46.5. The van der Waals surface area contributed by atoms with Crippen molar-refractivity contribution in [1.82, 2.24) is 25.3 Å². The number of carbonyl (C=O) groups is 6. The summed E-state index contributed by atoms with van der Waals surface area (Å²) in [6, 6.07) is 19.2. The number of nitrogens with zero attached hydrogens (tertiary/aromatic N) is 4. The van der Waals surface area contributed by atoms with Gasteiger partial charge >= 0.3 is 0 Å². The van der Waals surface area contributed by atoms with E-state index in [0.29, 0.717) is 87.6 Å². The van der Waals surface area contributed by atoms with Crippen molar-refractivity contribution < 1.29 is 51.4 Å². The lowest BCUT2D eigenvalue weighted by Gasteiger charge is -2.43. The van der Waals surface area contributed by atoms with Gasteiger partial charge in [0.2, 0.25) is 23.6 Å². The van der Waals surface area contributed by atoms with E-state index in [4.69, 9.17) is 9.47 Å². The number of anilines is 3. The number of piperazine rings is 1. The summed E-state index contributed by atoms with van der Waals surface area (Å²) in [6.07, 6.45) is 1.95. The van der Waals surface area contributed by atoms with Crippen LogP contribution in [0.2, 0.25) is 0 Å². The Morgan fingerprint density at radius 1 is 0.863 bits per heavy atom. The Morgan fingerprint density at radius 3 is 2.33 bits per heavy atom. The van der Waals surface area contributed by atoms with Gasteiger partial charge in [0.15, 0.2) is 0 Å². The standard InChI is InChI=1S/C61H75F3N8O8/c1-6-37(2)53(73)29-48(42-19-23-79-24-20-42)59(77)71-32-43-13-16-45(28-47(43)57(71)58(76)68-56-50(63)8-7-9-51(56)64)67-54(74)18-21-65-60(78)61(5)36-72(52-27-41(12-17-49(52)61)26-40-10-14-44(62)15-11-40)55(75)34-70-31-38(3)66-30-46(70)33-69-22-25-80-35-39(69)4/h7-17,27-28,37-39,42,46,48,57,66H,6,18-26,29-36H2,1-5H3,(H,65,78)(H,67,74)(H,68,76)/t37-,38-,39-,46-,48+,57+,61-/m1/s1. The van der Waals surface area contributed by atoms with Crippen molar-refractivity contribution in [2.75, 3.05) is 87.8 Å². The SMILES string of the molecule is CC[C@@H](C)C(=O)C[C@H](C(=O)N1Cc2ccc(NC(=O)CCNC(=O)[C@]3(C)CN(C(=O)CN4C[C@@H](C)NC[C@@H]4CN4CCOC[C@H]4C)c4cc(Cc5ccc(F)cc5)ccc43)cc2[C@H]1C(=O)Nc1c(F)cccc1F)C1CCOCC1. The largest absolute Gasteiger partial charge is 0.381 e. The van der Waals surface area contributed by atoms with Crippen LogP contribution in [0.4, 0.5) is 30.2 Å². The van der Waals surface area contributed by atoms with Crippen LogP contribution in [0.3, 0.4) is 0 Å². The Hall–Kier alpha value is -6.51. The Bertz CT molecular complexity index is 2920. The molecule has 5 amide bonds. The lowest BCUT2D eigenvalue weighted by Crippen LogP contribution is -2.62. The normalized spacial score (nSPS) is 23.2. The second-order valence-electron chi connectivity index (χ2n) is 22.7. The van der Waals surface area contributed by atoms with Crippen LogP contribution in [0.15, 0.2) is 78.9 Å². The molecule has 5 heterocycles. The number of ketones is 1. The van der Waals surface area contributed by atoms with E-state index < -0.39 is 52.4 Å². The molecule has 4 N–H and O–H groups in total. The van der Waals surface area contributed by atoms with Crippen LogP contribution in [0.25, 0.3) is 0 Å². The minimum absolute atomic E-state index is 0.0340. The fourth-order valence-electron chi connectivity index (χ4n) is 12.0. The summed E-state index contributed by atoms with van der Waals surface area (Å²) in [7, 11) is 0. The van der Waals surface area contributed by atoms with E-state index in [9.17, 15) is 33.2 Å².